The van der Waals surface area contributed by atoms with Crippen LogP contribution in [0.1, 0.15) is 18.6 Å². The molecule has 58 valence electrons. The standard InChI is InChI=1S/C9H9FO/c1-6-9(11-6)7-2-4-8(10)5-3-7/h2-6,9H,1H3/t6-,9+/m0/s1. The van der Waals surface area contributed by atoms with Crippen molar-refractivity contribution in [2.45, 2.75) is 19.1 Å². The first-order valence-electron chi connectivity index (χ1n) is 3.68. The molecule has 2 rings (SSSR count). The molecule has 0 bridgehead atoms. The summed E-state index contributed by atoms with van der Waals surface area (Å²) in [6.45, 7) is 2.01. The van der Waals surface area contributed by atoms with Crippen LogP contribution in [0.2, 0.25) is 0 Å². The molecule has 1 aliphatic rings. The van der Waals surface area contributed by atoms with Crippen molar-refractivity contribution < 1.29 is 9.13 Å². The van der Waals surface area contributed by atoms with Crippen molar-refractivity contribution in [2.24, 2.45) is 0 Å². The van der Waals surface area contributed by atoms with Crippen molar-refractivity contribution >= 4 is 0 Å². The molecule has 2 atom stereocenters. The second kappa shape index (κ2) is 2.31. The van der Waals surface area contributed by atoms with Gasteiger partial charge in [-0.15, -0.1) is 0 Å². The molecule has 0 unspecified atom stereocenters. The van der Waals surface area contributed by atoms with Crippen LogP contribution in [0.5, 0.6) is 0 Å². The van der Waals surface area contributed by atoms with Gasteiger partial charge in [-0.1, -0.05) is 12.1 Å². The van der Waals surface area contributed by atoms with E-state index in [1.165, 1.54) is 12.1 Å². The Labute approximate surface area is 64.8 Å². The predicted molar refractivity (Wildman–Crippen MR) is 39.7 cm³/mol. The van der Waals surface area contributed by atoms with E-state index in [0.717, 1.165) is 5.56 Å². The maximum atomic E-state index is 12.4. The molecule has 0 aromatic heterocycles. The Morgan fingerprint density at radius 2 is 1.82 bits per heavy atom. The third kappa shape index (κ3) is 1.26. The lowest BCUT2D eigenvalue weighted by Crippen LogP contribution is -1.83. The zero-order chi connectivity index (χ0) is 7.84. The van der Waals surface area contributed by atoms with Crippen LogP contribution in [0.25, 0.3) is 0 Å². The number of hydrogen-bond donors (Lipinski definition) is 0. The van der Waals surface area contributed by atoms with Gasteiger partial charge in [0.2, 0.25) is 0 Å². The van der Waals surface area contributed by atoms with E-state index in [1.807, 2.05) is 6.92 Å². The van der Waals surface area contributed by atoms with Crippen LogP contribution in [0, 0.1) is 5.82 Å². The third-order valence-electron chi connectivity index (χ3n) is 1.91. The first kappa shape index (κ1) is 6.80. The maximum absolute atomic E-state index is 12.4. The fraction of sp³-hybridized carbons (Fsp3) is 0.333. The van der Waals surface area contributed by atoms with Crippen molar-refractivity contribution in [2.75, 3.05) is 0 Å². The second-order valence-electron chi connectivity index (χ2n) is 2.81. The van der Waals surface area contributed by atoms with E-state index in [2.05, 4.69) is 0 Å². The molecule has 1 saturated heterocycles. The Morgan fingerprint density at radius 3 is 2.27 bits per heavy atom. The van der Waals surface area contributed by atoms with Crippen LogP contribution >= 0.6 is 0 Å². The molecule has 0 N–H and O–H groups in total. The van der Waals surface area contributed by atoms with Gasteiger partial charge in [0.15, 0.2) is 0 Å². The molecule has 0 saturated carbocycles. The van der Waals surface area contributed by atoms with Crippen LogP contribution in [0.4, 0.5) is 4.39 Å². The summed E-state index contributed by atoms with van der Waals surface area (Å²) in [5.74, 6) is -0.193. The van der Waals surface area contributed by atoms with Gasteiger partial charge >= 0.3 is 0 Å². The molecule has 1 aromatic carbocycles. The Bertz CT molecular complexity index is 255. The van der Waals surface area contributed by atoms with E-state index >= 15 is 0 Å². The minimum absolute atomic E-state index is 0.193. The summed E-state index contributed by atoms with van der Waals surface area (Å²) in [6, 6.07) is 6.46. The Hall–Kier alpha value is -0.890. The lowest BCUT2D eigenvalue weighted by molar-refractivity contribution is 0.383. The van der Waals surface area contributed by atoms with Gasteiger partial charge in [-0.3, -0.25) is 0 Å². The largest absolute Gasteiger partial charge is 0.365 e. The van der Waals surface area contributed by atoms with E-state index in [0.29, 0.717) is 6.10 Å². The Kier molecular flexibility index (Phi) is 1.43. The van der Waals surface area contributed by atoms with Crippen molar-refractivity contribution in [1.29, 1.82) is 0 Å². The van der Waals surface area contributed by atoms with Crippen LogP contribution < -0.4 is 0 Å². The van der Waals surface area contributed by atoms with Gasteiger partial charge in [0, 0.05) is 0 Å². The molecule has 1 aliphatic heterocycles. The molecular formula is C9H9FO. The summed E-state index contributed by atoms with van der Waals surface area (Å²) in [7, 11) is 0. The highest BCUT2D eigenvalue weighted by Crippen LogP contribution is 2.37. The molecule has 0 aliphatic carbocycles. The van der Waals surface area contributed by atoms with Gasteiger partial charge in [0.05, 0.1) is 6.10 Å². The molecule has 1 nitrogen and oxygen atoms in total. The van der Waals surface area contributed by atoms with Crippen LogP contribution in [0.15, 0.2) is 24.3 Å². The normalized spacial score (nSPS) is 28.5. The molecule has 0 amide bonds. The number of rotatable bonds is 1. The minimum atomic E-state index is -0.193. The van der Waals surface area contributed by atoms with E-state index in [-0.39, 0.29) is 11.9 Å². The number of epoxide rings is 1. The van der Waals surface area contributed by atoms with Gasteiger partial charge in [-0.25, -0.2) is 4.39 Å². The van der Waals surface area contributed by atoms with E-state index in [9.17, 15) is 4.39 Å². The van der Waals surface area contributed by atoms with E-state index in [1.54, 1.807) is 12.1 Å². The maximum Gasteiger partial charge on any atom is 0.123 e. The van der Waals surface area contributed by atoms with E-state index < -0.39 is 0 Å². The summed E-state index contributed by atoms with van der Waals surface area (Å²) < 4.78 is 17.6. The van der Waals surface area contributed by atoms with Gasteiger partial charge in [0.1, 0.15) is 11.9 Å². The average Bonchev–Trinajstić information content (AvgIpc) is 2.69. The Balaban J connectivity index is 2.21. The second-order valence-corrected chi connectivity index (χ2v) is 2.81. The smallest absolute Gasteiger partial charge is 0.123 e. The molecule has 1 heterocycles. The number of ether oxygens (including phenoxy) is 1. The summed E-state index contributed by atoms with van der Waals surface area (Å²) >= 11 is 0. The van der Waals surface area contributed by atoms with Gasteiger partial charge in [-0.05, 0) is 24.6 Å². The molecule has 0 spiro atoms. The predicted octanol–water partition coefficient (Wildman–Crippen LogP) is 2.29. The fourth-order valence-corrected chi connectivity index (χ4v) is 1.19. The zero-order valence-electron chi connectivity index (χ0n) is 6.25. The van der Waals surface area contributed by atoms with Crippen LogP contribution in [-0.4, -0.2) is 6.10 Å². The van der Waals surface area contributed by atoms with Crippen LogP contribution in [-0.2, 0) is 4.74 Å². The van der Waals surface area contributed by atoms with Crippen molar-refractivity contribution in [3.63, 3.8) is 0 Å². The SMILES string of the molecule is C[C@@H]1O[C@H]1c1ccc(F)cc1. The zero-order valence-corrected chi connectivity index (χ0v) is 6.25. The molecule has 1 aromatic rings. The summed E-state index contributed by atoms with van der Waals surface area (Å²) in [4.78, 5) is 0. The van der Waals surface area contributed by atoms with Crippen molar-refractivity contribution in [3.05, 3.63) is 35.6 Å². The van der Waals surface area contributed by atoms with Crippen molar-refractivity contribution in [1.82, 2.24) is 0 Å². The number of hydrogen-bond acceptors (Lipinski definition) is 1. The lowest BCUT2D eigenvalue weighted by atomic mass is 10.1. The van der Waals surface area contributed by atoms with Crippen molar-refractivity contribution in [3.8, 4) is 0 Å². The van der Waals surface area contributed by atoms with Gasteiger partial charge in [-0.2, -0.15) is 0 Å². The summed E-state index contributed by atoms with van der Waals surface area (Å²) in [5.41, 5.74) is 1.07. The fourth-order valence-electron chi connectivity index (χ4n) is 1.19. The molecule has 11 heavy (non-hydrogen) atoms. The molecule has 2 heteroatoms. The molecule has 1 fully saturated rings. The average molecular weight is 152 g/mol. The summed E-state index contributed by atoms with van der Waals surface area (Å²) in [5, 5.41) is 0. The first-order chi connectivity index (χ1) is 5.27. The highest BCUT2D eigenvalue weighted by molar-refractivity contribution is 5.22. The molecule has 0 radical (unpaired) electrons. The lowest BCUT2D eigenvalue weighted by Gasteiger charge is -1.93. The van der Waals surface area contributed by atoms with Crippen LogP contribution in [0.3, 0.4) is 0 Å². The third-order valence-corrected chi connectivity index (χ3v) is 1.91. The Morgan fingerprint density at radius 1 is 1.27 bits per heavy atom. The highest BCUT2D eigenvalue weighted by atomic mass is 19.1. The highest BCUT2D eigenvalue weighted by Gasteiger charge is 2.35. The van der Waals surface area contributed by atoms with E-state index in [4.69, 9.17) is 4.74 Å². The quantitative estimate of drug-likeness (QED) is 0.562. The topological polar surface area (TPSA) is 12.5 Å². The molecular weight excluding hydrogens is 143 g/mol. The van der Waals surface area contributed by atoms with Gasteiger partial charge in [0.25, 0.3) is 0 Å². The minimum Gasteiger partial charge on any atom is -0.365 e. The first-order valence-corrected chi connectivity index (χ1v) is 3.68. The monoisotopic (exact) mass is 152 g/mol. The number of benzene rings is 1. The summed E-state index contributed by atoms with van der Waals surface area (Å²) in [6.07, 6.45) is 0.510. The number of halogens is 1. The van der Waals surface area contributed by atoms with Gasteiger partial charge < -0.3 is 4.74 Å².